The summed E-state index contributed by atoms with van der Waals surface area (Å²) in [5.74, 6) is -1.19. The molecule has 108 valence electrons. The Morgan fingerprint density at radius 1 is 1.10 bits per heavy atom. The van der Waals surface area contributed by atoms with Crippen LogP contribution in [0.1, 0.15) is 15.9 Å². The van der Waals surface area contributed by atoms with Crippen molar-refractivity contribution in [1.82, 2.24) is 0 Å². The van der Waals surface area contributed by atoms with E-state index in [-0.39, 0.29) is 17.7 Å². The first-order valence-electron chi connectivity index (χ1n) is 6.24. The highest BCUT2D eigenvalue weighted by molar-refractivity contribution is 5.99. The molecule has 0 aliphatic carbocycles. The van der Waals surface area contributed by atoms with E-state index in [1.807, 2.05) is 0 Å². The molecule has 6 nitrogen and oxygen atoms in total. The predicted molar refractivity (Wildman–Crippen MR) is 78.8 cm³/mol. The molecule has 0 spiro atoms. The minimum atomic E-state index is -0.661. The highest BCUT2D eigenvalue weighted by atomic mass is 16.5. The lowest BCUT2D eigenvalue weighted by molar-refractivity contribution is -0.122. The van der Waals surface area contributed by atoms with Gasteiger partial charge in [0.15, 0.2) is 0 Å². The van der Waals surface area contributed by atoms with Crippen LogP contribution < -0.4 is 16.5 Å². The maximum Gasteiger partial charge on any atom is 0.255 e. The normalized spacial score (nSPS) is 10.1. The minimum Gasteiger partial charge on any atom is -0.398 e. The number of hydrogen-bond donors (Lipinski definition) is 3. The van der Waals surface area contributed by atoms with Gasteiger partial charge in [-0.3, -0.25) is 14.8 Å². The first-order valence-corrected chi connectivity index (χ1v) is 6.24. The average molecular weight is 285 g/mol. The largest absolute Gasteiger partial charge is 0.398 e. The Kier molecular flexibility index (Phi) is 4.20. The van der Waals surface area contributed by atoms with E-state index in [0.717, 1.165) is 0 Å². The van der Waals surface area contributed by atoms with Crippen molar-refractivity contribution in [2.45, 2.75) is 6.42 Å². The molecule has 0 saturated carbocycles. The van der Waals surface area contributed by atoms with Crippen LogP contribution in [-0.4, -0.2) is 17.0 Å². The van der Waals surface area contributed by atoms with Crippen LogP contribution in [0.3, 0.4) is 0 Å². The molecule has 6 heteroatoms. The number of hydroxylamine groups is 1. The zero-order valence-corrected chi connectivity index (χ0v) is 11.2. The number of hydrogen-bond acceptors (Lipinski definition) is 4. The third-order valence-electron chi connectivity index (χ3n) is 2.98. The second-order valence-electron chi connectivity index (χ2n) is 4.50. The Labute approximate surface area is 121 Å². The lowest BCUT2D eigenvalue weighted by atomic mass is 10.1. The first-order chi connectivity index (χ1) is 9.99. The molecule has 0 aliphatic heterocycles. The van der Waals surface area contributed by atoms with Crippen molar-refractivity contribution in [2.24, 2.45) is 5.73 Å². The SMILES string of the molecule is NC(=O)c1cc(CC(=O)N(O)c2ccccc2)ccc1N. The van der Waals surface area contributed by atoms with Gasteiger partial charge >= 0.3 is 0 Å². The fourth-order valence-electron chi connectivity index (χ4n) is 1.89. The highest BCUT2D eigenvalue weighted by Crippen LogP contribution is 2.16. The Morgan fingerprint density at radius 3 is 2.38 bits per heavy atom. The molecule has 0 bridgehead atoms. The standard InChI is InChI=1S/C15H15N3O3/c16-13-7-6-10(8-12(13)15(17)20)9-14(19)18(21)11-4-2-1-3-5-11/h1-8,21H,9,16H2,(H2,17,20). The van der Waals surface area contributed by atoms with E-state index in [4.69, 9.17) is 11.5 Å². The fraction of sp³-hybridized carbons (Fsp3) is 0.0667. The molecule has 2 rings (SSSR count). The van der Waals surface area contributed by atoms with Gasteiger partial charge in [-0.1, -0.05) is 24.3 Å². The van der Waals surface area contributed by atoms with Crippen LogP contribution in [0.15, 0.2) is 48.5 Å². The summed E-state index contributed by atoms with van der Waals surface area (Å²) >= 11 is 0. The molecule has 2 aromatic rings. The first kappa shape index (κ1) is 14.5. The van der Waals surface area contributed by atoms with E-state index < -0.39 is 11.8 Å². The Morgan fingerprint density at radius 2 is 1.76 bits per heavy atom. The van der Waals surface area contributed by atoms with Gasteiger partial charge in [0, 0.05) is 5.69 Å². The lowest BCUT2D eigenvalue weighted by Crippen LogP contribution is -2.28. The molecule has 0 aliphatic rings. The summed E-state index contributed by atoms with van der Waals surface area (Å²) < 4.78 is 0. The van der Waals surface area contributed by atoms with Gasteiger partial charge in [0.05, 0.1) is 17.7 Å². The molecule has 0 heterocycles. The van der Waals surface area contributed by atoms with Gasteiger partial charge in [-0.15, -0.1) is 0 Å². The molecular weight excluding hydrogens is 270 g/mol. The van der Waals surface area contributed by atoms with Crippen LogP contribution in [0, 0.1) is 0 Å². The topological polar surface area (TPSA) is 110 Å². The summed E-state index contributed by atoms with van der Waals surface area (Å²) in [6.45, 7) is 0. The molecule has 0 aromatic heterocycles. The second kappa shape index (κ2) is 6.06. The number of amides is 2. The van der Waals surface area contributed by atoms with Crippen molar-refractivity contribution < 1.29 is 14.8 Å². The number of carbonyl (C=O) groups excluding carboxylic acids is 2. The predicted octanol–water partition coefficient (Wildman–Crippen LogP) is 1.33. The summed E-state index contributed by atoms with van der Waals surface area (Å²) in [6.07, 6.45) is -0.0774. The Bertz CT molecular complexity index is 671. The van der Waals surface area contributed by atoms with E-state index >= 15 is 0 Å². The van der Waals surface area contributed by atoms with Gasteiger partial charge in [-0.25, -0.2) is 0 Å². The molecule has 0 fully saturated rings. The summed E-state index contributed by atoms with van der Waals surface area (Å²) in [7, 11) is 0. The van der Waals surface area contributed by atoms with Crippen LogP contribution in [0.2, 0.25) is 0 Å². The number of rotatable bonds is 4. The van der Waals surface area contributed by atoms with Gasteiger partial charge in [0.1, 0.15) is 0 Å². The molecular formula is C15H15N3O3. The number of nitrogens with two attached hydrogens (primary N) is 2. The summed E-state index contributed by atoms with van der Waals surface area (Å²) in [6, 6.07) is 13.0. The number of benzene rings is 2. The van der Waals surface area contributed by atoms with Crippen LogP contribution in [0.25, 0.3) is 0 Å². The zero-order chi connectivity index (χ0) is 15.4. The summed E-state index contributed by atoms with van der Waals surface area (Å²) in [5, 5.41) is 10.4. The van der Waals surface area contributed by atoms with Crippen molar-refractivity contribution in [3.8, 4) is 0 Å². The molecule has 0 atom stereocenters. The number of primary amides is 1. The Balaban J connectivity index is 2.16. The number of anilines is 2. The van der Waals surface area contributed by atoms with E-state index in [1.54, 1.807) is 36.4 Å². The van der Waals surface area contributed by atoms with Gasteiger partial charge < -0.3 is 11.5 Å². The van der Waals surface area contributed by atoms with Crippen molar-refractivity contribution in [3.63, 3.8) is 0 Å². The summed E-state index contributed by atoms with van der Waals surface area (Å²) in [4.78, 5) is 23.2. The molecule has 5 N–H and O–H groups in total. The average Bonchev–Trinajstić information content (AvgIpc) is 2.49. The van der Waals surface area contributed by atoms with E-state index in [9.17, 15) is 14.8 Å². The monoisotopic (exact) mass is 285 g/mol. The van der Waals surface area contributed by atoms with Crippen molar-refractivity contribution >= 4 is 23.2 Å². The number of para-hydroxylation sites is 1. The van der Waals surface area contributed by atoms with Gasteiger partial charge in [-0.05, 0) is 29.8 Å². The highest BCUT2D eigenvalue weighted by Gasteiger charge is 2.15. The van der Waals surface area contributed by atoms with Crippen molar-refractivity contribution in [2.75, 3.05) is 10.8 Å². The van der Waals surface area contributed by atoms with Gasteiger partial charge in [-0.2, -0.15) is 5.06 Å². The number of nitrogens with zero attached hydrogens (tertiary/aromatic N) is 1. The van der Waals surface area contributed by atoms with Crippen LogP contribution in [0.4, 0.5) is 11.4 Å². The van der Waals surface area contributed by atoms with Gasteiger partial charge in [0.2, 0.25) is 0 Å². The number of nitrogen functional groups attached to an aromatic ring is 1. The lowest BCUT2D eigenvalue weighted by Gasteiger charge is -2.15. The Hall–Kier alpha value is -2.86. The molecule has 2 aromatic carbocycles. The third-order valence-corrected chi connectivity index (χ3v) is 2.98. The molecule has 0 unspecified atom stereocenters. The molecule has 2 amide bonds. The van der Waals surface area contributed by atoms with Crippen LogP contribution in [-0.2, 0) is 11.2 Å². The maximum absolute atomic E-state index is 12.0. The fourth-order valence-corrected chi connectivity index (χ4v) is 1.89. The third kappa shape index (κ3) is 3.37. The molecule has 0 saturated heterocycles. The quantitative estimate of drug-likeness (QED) is 0.447. The van der Waals surface area contributed by atoms with Crippen molar-refractivity contribution in [1.29, 1.82) is 0 Å². The van der Waals surface area contributed by atoms with Crippen LogP contribution in [0.5, 0.6) is 0 Å². The molecule has 21 heavy (non-hydrogen) atoms. The van der Waals surface area contributed by atoms with Gasteiger partial charge in [0.25, 0.3) is 11.8 Å². The van der Waals surface area contributed by atoms with Crippen LogP contribution >= 0.6 is 0 Å². The second-order valence-corrected chi connectivity index (χ2v) is 4.50. The smallest absolute Gasteiger partial charge is 0.255 e. The van der Waals surface area contributed by atoms with Crippen molar-refractivity contribution in [3.05, 3.63) is 59.7 Å². The minimum absolute atomic E-state index is 0.0774. The van der Waals surface area contributed by atoms with E-state index in [2.05, 4.69) is 0 Å². The van der Waals surface area contributed by atoms with E-state index in [0.29, 0.717) is 16.3 Å². The molecule has 0 radical (unpaired) electrons. The zero-order valence-electron chi connectivity index (χ0n) is 11.2. The number of carbonyl (C=O) groups is 2. The summed E-state index contributed by atoms with van der Waals surface area (Å²) in [5.41, 5.74) is 12.1. The maximum atomic E-state index is 12.0. The van der Waals surface area contributed by atoms with E-state index in [1.165, 1.54) is 12.1 Å².